The number of benzene rings is 1. The lowest BCUT2D eigenvalue weighted by Crippen LogP contribution is -2.52. The van der Waals surface area contributed by atoms with Crippen molar-refractivity contribution in [2.24, 2.45) is 28.3 Å². The molecule has 9 heteroatoms. The highest BCUT2D eigenvalue weighted by Crippen LogP contribution is 2.60. The first-order chi connectivity index (χ1) is 15.4. The molecule has 4 fully saturated rings. The maximum absolute atomic E-state index is 13.0. The van der Waals surface area contributed by atoms with Crippen molar-refractivity contribution >= 4 is 12.1 Å². The summed E-state index contributed by atoms with van der Waals surface area (Å²) in [6.07, 6.45) is 7.47. The van der Waals surface area contributed by atoms with Crippen LogP contribution in [0.15, 0.2) is 39.0 Å². The van der Waals surface area contributed by atoms with Crippen molar-refractivity contribution in [3.8, 4) is 17.3 Å². The van der Waals surface area contributed by atoms with Crippen molar-refractivity contribution < 1.29 is 14.6 Å². The molecule has 0 spiro atoms. The highest BCUT2D eigenvalue weighted by atomic mass is 16.5. The number of methoxy groups -OCH3 is 1. The summed E-state index contributed by atoms with van der Waals surface area (Å²) in [7, 11) is 1.52. The molecule has 32 heavy (non-hydrogen) atoms. The van der Waals surface area contributed by atoms with Gasteiger partial charge in [0, 0.05) is 0 Å². The number of aromatic hydroxyl groups is 1. The average molecular weight is 438 g/mol. The lowest BCUT2D eigenvalue weighted by Gasteiger charge is -2.55. The molecule has 0 aliphatic heterocycles. The molecule has 1 aromatic carbocycles. The predicted octanol–water partition coefficient (Wildman–Crippen LogP) is 1.91. The van der Waals surface area contributed by atoms with Gasteiger partial charge in [0.15, 0.2) is 0 Å². The molecule has 4 aliphatic carbocycles. The third-order valence-corrected chi connectivity index (χ3v) is 7.33. The Labute approximate surface area is 184 Å². The molecule has 1 heterocycles. The number of nitrogens with zero attached hydrogens (tertiary/aromatic N) is 2. The third-order valence-electron chi connectivity index (χ3n) is 7.33. The van der Waals surface area contributed by atoms with E-state index < -0.39 is 17.1 Å². The predicted molar refractivity (Wildman–Crippen MR) is 117 cm³/mol. The number of carbonyl (C=O) groups excluding carboxylic acids is 1. The maximum atomic E-state index is 13.0. The minimum Gasteiger partial charge on any atom is -0.497 e. The van der Waals surface area contributed by atoms with Gasteiger partial charge in [-0.3, -0.25) is 14.6 Å². The first-order valence-corrected chi connectivity index (χ1v) is 10.9. The molecule has 0 saturated heterocycles. The molecule has 4 bridgehead atoms. The van der Waals surface area contributed by atoms with Crippen molar-refractivity contribution in [2.45, 2.75) is 38.5 Å². The van der Waals surface area contributed by atoms with Gasteiger partial charge in [0.2, 0.25) is 11.8 Å². The number of hydrogen-bond donors (Lipinski definition) is 3. The van der Waals surface area contributed by atoms with Crippen molar-refractivity contribution in [2.75, 3.05) is 7.11 Å². The highest BCUT2D eigenvalue weighted by molar-refractivity contribution is 5.86. The van der Waals surface area contributed by atoms with E-state index in [1.165, 1.54) is 26.4 Å². The van der Waals surface area contributed by atoms with Gasteiger partial charge in [-0.1, -0.05) is 0 Å². The van der Waals surface area contributed by atoms with E-state index in [1.54, 1.807) is 24.3 Å². The fourth-order valence-corrected chi connectivity index (χ4v) is 6.29. The third kappa shape index (κ3) is 3.41. The Kier molecular flexibility index (Phi) is 4.91. The van der Waals surface area contributed by atoms with Gasteiger partial charge in [0.05, 0.1) is 24.4 Å². The van der Waals surface area contributed by atoms with Crippen LogP contribution in [0.1, 0.15) is 44.1 Å². The first-order valence-electron chi connectivity index (χ1n) is 10.9. The van der Waals surface area contributed by atoms with E-state index in [0.29, 0.717) is 29.2 Å². The first kappa shape index (κ1) is 20.5. The topological polar surface area (TPSA) is 126 Å². The van der Waals surface area contributed by atoms with E-state index in [0.717, 1.165) is 30.0 Å². The summed E-state index contributed by atoms with van der Waals surface area (Å²) in [4.78, 5) is 39.8. The lowest BCUT2D eigenvalue weighted by molar-refractivity contribution is -0.146. The molecule has 3 N–H and O–H groups in total. The van der Waals surface area contributed by atoms with Crippen LogP contribution in [0.25, 0.3) is 5.69 Å². The Bertz CT molecular complexity index is 1160. The van der Waals surface area contributed by atoms with Crippen LogP contribution in [0.5, 0.6) is 11.6 Å². The van der Waals surface area contributed by atoms with Crippen LogP contribution >= 0.6 is 0 Å². The van der Waals surface area contributed by atoms with E-state index in [1.807, 2.05) is 0 Å². The summed E-state index contributed by atoms with van der Waals surface area (Å²) >= 11 is 0. The highest BCUT2D eigenvalue weighted by Gasteiger charge is 2.54. The number of hydrogen-bond acceptors (Lipinski definition) is 6. The minimum absolute atomic E-state index is 0.118. The van der Waals surface area contributed by atoms with Gasteiger partial charge in [-0.15, -0.1) is 0 Å². The fourth-order valence-electron chi connectivity index (χ4n) is 6.29. The van der Waals surface area contributed by atoms with Crippen LogP contribution in [0, 0.1) is 23.2 Å². The van der Waals surface area contributed by atoms with Gasteiger partial charge in [0.25, 0.3) is 5.56 Å². The number of hydrazone groups is 1. The van der Waals surface area contributed by atoms with E-state index in [9.17, 15) is 19.5 Å². The molecule has 2 aromatic rings. The zero-order chi connectivity index (χ0) is 22.5. The molecule has 1 aromatic heterocycles. The number of rotatable bonds is 5. The molecule has 0 radical (unpaired) electrons. The number of amides is 1. The van der Waals surface area contributed by atoms with Gasteiger partial charge in [-0.2, -0.15) is 5.10 Å². The second-order valence-corrected chi connectivity index (χ2v) is 9.43. The molecular formula is C23H26N4O5. The molecular weight excluding hydrogens is 412 g/mol. The average Bonchev–Trinajstić information content (AvgIpc) is 2.75. The van der Waals surface area contributed by atoms with E-state index in [2.05, 4.69) is 15.5 Å². The summed E-state index contributed by atoms with van der Waals surface area (Å²) in [5.41, 5.74) is 0.778. The zero-order valence-electron chi connectivity index (χ0n) is 17.8. The van der Waals surface area contributed by atoms with Crippen molar-refractivity contribution in [1.82, 2.24) is 15.0 Å². The van der Waals surface area contributed by atoms with Crippen LogP contribution in [-0.2, 0) is 4.79 Å². The van der Waals surface area contributed by atoms with Crippen molar-refractivity contribution in [3.05, 3.63) is 50.7 Å². The second kappa shape index (κ2) is 7.65. The van der Waals surface area contributed by atoms with Gasteiger partial charge < -0.3 is 9.84 Å². The molecule has 168 valence electrons. The number of aromatic amines is 1. The Hall–Kier alpha value is -3.36. The van der Waals surface area contributed by atoms with Crippen LogP contribution in [0.3, 0.4) is 0 Å². The Balaban J connectivity index is 1.39. The Morgan fingerprint density at radius 2 is 1.75 bits per heavy atom. The summed E-state index contributed by atoms with van der Waals surface area (Å²) in [6, 6.07) is 6.42. The smallest absolute Gasteiger partial charge is 0.335 e. The van der Waals surface area contributed by atoms with Crippen LogP contribution < -0.4 is 21.4 Å². The summed E-state index contributed by atoms with van der Waals surface area (Å²) in [5.74, 6) is 1.77. The summed E-state index contributed by atoms with van der Waals surface area (Å²) in [6.45, 7) is 0. The SMILES string of the molecule is COc1ccc(-n2c(O)c(C=NNC(=O)C34CC5CC(CC(C5)C3)C4)c(=O)[nH]c2=O)cc1. The quantitative estimate of drug-likeness (QED) is 0.486. The van der Waals surface area contributed by atoms with Gasteiger partial charge >= 0.3 is 5.69 Å². The van der Waals surface area contributed by atoms with Crippen LogP contribution in [0.4, 0.5) is 0 Å². The summed E-state index contributed by atoms with van der Waals surface area (Å²) < 4.78 is 6.06. The van der Waals surface area contributed by atoms with E-state index in [-0.39, 0.29) is 16.9 Å². The molecule has 6 rings (SSSR count). The van der Waals surface area contributed by atoms with E-state index in [4.69, 9.17) is 4.74 Å². The Morgan fingerprint density at radius 3 is 2.31 bits per heavy atom. The number of aromatic nitrogens is 2. The largest absolute Gasteiger partial charge is 0.497 e. The van der Waals surface area contributed by atoms with Gasteiger partial charge in [-0.05, 0) is 80.5 Å². The lowest BCUT2D eigenvalue weighted by atomic mass is 9.49. The van der Waals surface area contributed by atoms with Crippen LogP contribution in [0.2, 0.25) is 0 Å². The monoisotopic (exact) mass is 438 g/mol. The van der Waals surface area contributed by atoms with E-state index >= 15 is 0 Å². The maximum Gasteiger partial charge on any atom is 0.335 e. The second-order valence-electron chi connectivity index (χ2n) is 9.43. The number of ether oxygens (including phenoxy) is 1. The number of nitrogens with one attached hydrogen (secondary N) is 2. The molecule has 4 saturated carbocycles. The molecule has 1 amide bonds. The normalized spacial score (nSPS) is 28.2. The van der Waals surface area contributed by atoms with Gasteiger partial charge in [0.1, 0.15) is 11.3 Å². The van der Waals surface area contributed by atoms with Crippen LogP contribution in [-0.4, -0.2) is 33.9 Å². The molecule has 0 atom stereocenters. The zero-order valence-corrected chi connectivity index (χ0v) is 17.8. The number of H-pyrrole nitrogens is 1. The Morgan fingerprint density at radius 1 is 1.16 bits per heavy atom. The molecule has 9 nitrogen and oxygen atoms in total. The molecule has 0 unspecified atom stereocenters. The number of carbonyl (C=O) groups is 1. The van der Waals surface area contributed by atoms with Crippen molar-refractivity contribution in [1.29, 1.82) is 0 Å². The van der Waals surface area contributed by atoms with Crippen molar-refractivity contribution in [3.63, 3.8) is 0 Å². The summed E-state index contributed by atoms with van der Waals surface area (Å²) in [5, 5.41) is 14.6. The standard InChI is InChI=1S/C23H26N4O5/c1-32-17-4-2-16(3-5-17)27-20(29)18(19(28)25-22(27)31)12-24-26-21(30)23-9-13-6-14(10-23)8-15(7-13)11-23/h2-5,12-15,29H,6-11H2,1H3,(H,26,30)(H,25,28,31). The minimum atomic E-state index is -0.787. The molecule has 4 aliphatic rings. The van der Waals surface area contributed by atoms with Gasteiger partial charge in [-0.25, -0.2) is 14.8 Å². The fraction of sp³-hybridized carbons (Fsp3) is 0.478.